The number of alkyl halides is 1. The number of hydrogen-bond donors (Lipinski definition) is 1. The first-order valence-electron chi connectivity index (χ1n) is 6.40. The Morgan fingerprint density at radius 1 is 1.11 bits per heavy atom. The lowest BCUT2D eigenvalue weighted by Gasteiger charge is -2.05. The number of unbranched alkanes of at least 4 members (excludes halogenated alkanes) is 3. The van der Waals surface area contributed by atoms with E-state index in [1.165, 1.54) is 23.3 Å². The van der Waals surface area contributed by atoms with Crippen LogP contribution < -0.4 is 5.32 Å². The summed E-state index contributed by atoms with van der Waals surface area (Å²) in [6.45, 7) is 0.643. The highest BCUT2D eigenvalue weighted by Crippen LogP contribution is 2.09. The highest BCUT2D eigenvalue weighted by Gasteiger charge is 2.06. The molecule has 1 amide bonds. The van der Waals surface area contributed by atoms with Gasteiger partial charge in [-0.3, -0.25) is 4.79 Å². The zero-order chi connectivity index (χ0) is 14.1. The number of carbonyl (C=O) groups excluding carboxylic acids is 1. The number of nitrogens with one attached hydrogen (secondary N) is 1. The molecular formula is C14H18F2INO. The Hall–Kier alpha value is -0.720. The van der Waals surface area contributed by atoms with Crippen LogP contribution in [0, 0.1) is 11.6 Å². The lowest BCUT2D eigenvalue weighted by Crippen LogP contribution is -2.26. The Kier molecular flexibility index (Phi) is 7.93. The molecule has 1 rings (SSSR count). The standard InChI is InChI=1S/C14H18F2INO/c15-12-6-5-11(9-13(12)16)10-14(19)18-8-4-2-1-3-7-17/h5-6,9H,1-4,7-8,10H2,(H,18,19). The van der Waals surface area contributed by atoms with Crippen molar-refractivity contribution in [3.8, 4) is 0 Å². The first kappa shape index (κ1) is 16.3. The maximum atomic E-state index is 12.9. The first-order valence-corrected chi connectivity index (χ1v) is 7.92. The third-order valence-corrected chi connectivity index (χ3v) is 3.49. The fourth-order valence-electron chi connectivity index (χ4n) is 1.70. The van der Waals surface area contributed by atoms with Crippen LogP contribution in [0.3, 0.4) is 0 Å². The van der Waals surface area contributed by atoms with Gasteiger partial charge < -0.3 is 5.32 Å². The second-order valence-electron chi connectivity index (χ2n) is 4.38. The summed E-state index contributed by atoms with van der Waals surface area (Å²) in [4.78, 5) is 11.6. The van der Waals surface area contributed by atoms with Crippen molar-refractivity contribution in [2.24, 2.45) is 0 Å². The number of amides is 1. The van der Waals surface area contributed by atoms with E-state index in [-0.39, 0.29) is 12.3 Å². The van der Waals surface area contributed by atoms with Gasteiger partial charge in [-0.05, 0) is 35.0 Å². The quantitative estimate of drug-likeness (QED) is 0.416. The fourth-order valence-corrected chi connectivity index (χ4v) is 2.24. The van der Waals surface area contributed by atoms with Crippen molar-refractivity contribution in [1.82, 2.24) is 5.32 Å². The van der Waals surface area contributed by atoms with Gasteiger partial charge in [-0.2, -0.15) is 0 Å². The van der Waals surface area contributed by atoms with Crippen molar-refractivity contribution in [2.75, 3.05) is 11.0 Å². The molecule has 0 aliphatic heterocycles. The summed E-state index contributed by atoms with van der Waals surface area (Å²) in [7, 11) is 0. The van der Waals surface area contributed by atoms with Crippen molar-refractivity contribution in [3.05, 3.63) is 35.4 Å². The molecule has 0 fully saturated rings. The summed E-state index contributed by atoms with van der Waals surface area (Å²) in [5, 5.41) is 2.79. The van der Waals surface area contributed by atoms with E-state index >= 15 is 0 Å². The molecule has 0 unspecified atom stereocenters. The van der Waals surface area contributed by atoms with E-state index in [9.17, 15) is 13.6 Å². The van der Waals surface area contributed by atoms with Crippen LogP contribution >= 0.6 is 22.6 Å². The van der Waals surface area contributed by atoms with Gasteiger partial charge >= 0.3 is 0 Å². The number of halogens is 3. The number of benzene rings is 1. The SMILES string of the molecule is O=C(Cc1ccc(F)c(F)c1)NCCCCCCI. The third kappa shape index (κ3) is 6.84. The van der Waals surface area contributed by atoms with Gasteiger partial charge in [0, 0.05) is 6.54 Å². The molecule has 1 N–H and O–H groups in total. The van der Waals surface area contributed by atoms with Gasteiger partial charge in [-0.1, -0.05) is 41.5 Å². The molecule has 0 atom stereocenters. The molecule has 0 radical (unpaired) electrons. The van der Waals surface area contributed by atoms with E-state index in [4.69, 9.17) is 0 Å². The fraction of sp³-hybridized carbons (Fsp3) is 0.500. The summed E-state index contributed by atoms with van der Waals surface area (Å²) < 4.78 is 26.8. The van der Waals surface area contributed by atoms with E-state index in [1.54, 1.807) is 0 Å². The van der Waals surface area contributed by atoms with Crippen LogP contribution in [0.25, 0.3) is 0 Å². The molecule has 0 saturated heterocycles. The lowest BCUT2D eigenvalue weighted by atomic mass is 10.1. The molecule has 0 saturated carbocycles. The van der Waals surface area contributed by atoms with Gasteiger partial charge in [0.25, 0.3) is 0 Å². The molecule has 0 aliphatic rings. The highest BCUT2D eigenvalue weighted by atomic mass is 127. The number of rotatable bonds is 8. The van der Waals surface area contributed by atoms with Crippen LogP contribution in [-0.2, 0) is 11.2 Å². The summed E-state index contributed by atoms with van der Waals surface area (Å²) in [6, 6.07) is 3.54. The monoisotopic (exact) mass is 381 g/mol. The van der Waals surface area contributed by atoms with Crippen LogP contribution in [-0.4, -0.2) is 16.9 Å². The van der Waals surface area contributed by atoms with Crippen molar-refractivity contribution in [2.45, 2.75) is 32.1 Å². The average Bonchev–Trinajstić information content (AvgIpc) is 2.38. The van der Waals surface area contributed by atoms with E-state index in [1.807, 2.05) is 0 Å². The molecule has 5 heteroatoms. The van der Waals surface area contributed by atoms with Gasteiger partial charge in [-0.25, -0.2) is 8.78 Å². The summed E-state index contributed by atoms with van der Waals surface area (Å²) >= 11 is 2.35. The maximum absolute atomic E-state index is 12.9. The molecule has 0 aliphatic carbocycles. The molecule has 0 bridgehead atoms. The third-order valence-electron chi connectivity index (χ3n) is 2.73. The largest absolute Gasteiger partial charge is 0.356 e. The van der Waals surface area contributed by atoms with Gasteiger partial charge in [0.1, 0.15) is 0 Å². The van der Waals surface area contributed by atoms with Gasteiger partial charge in [-0.15, -0.1) is 0 Å². The van der Waals surface area contributed by atoms with Crippen molar-refractivity contribution in [1.29, 1.82) is 0 Å². The van der Waals surface area contributed by atoms with Crippen molar-refractivity contribution < 1.29 is 13.6 Å². The molecule has 1 aromatic rings. The Morgan fingerprint density at radius 2 is 1.84 bits per heavy atom. The van der Waals surface area contributed by atoms with Crippen molar-refractivity contribution >= 4 is 28.5 Å². The topological polar surface area (TPSA) is 29.1 Å². The van der Waals surface area contributed by atoms with Gasteiger partial charge in [0.2, 0.25) is 5.91 Å². The predicted molar refractivity (Wildman–Crippen MR) is 80.4 cm³/mol. The van der Waals surface area contributed by atoms with Crippen LogP contribution in [0.4, 0.5) is 8.78 Å². The predicted octanol–water partition coefficient (Wildman–Crippen LogP) is 3.62. The van der Waals surface area contributed by atoms with E-state index in [2.05, 4.69) is 27.9 Å². The second-order valence-corrected chi connectivity index (χ2v) is 5.46. The summed E-state index contributed by atoms with van der Waals surface area (Å²) in [5.41, 5.74) is 0.487. The number of hydrogen-bond acceptors (Lipinski definition) is 1. The van der Waals surface area contributed by atoms with Crippen LogP contribution in [0.1, 0.15) is 31.2 Å². The minimum atomic E-state index is -0.913. The van der Waals surface area contributed by atoms with Crippen molar-refractivity contribution in [3.63, 3.8) is 0 Å². The molecule has 0 aromatic heterocycles. The normalized spacial score (nSPS) is 10.5. The first-order chi connectivity index (χ1) is 9.13. The van der Waals surface area contributed by atoms with E-state index < -0.39 is 11.6 Å². The molecule has 19 heavy (non-hydrogen) atoms. The van der Waals surface area contributed by atoms with Crippen LogP contribution in [0.15, 0.2) is 18.2 Å². The molecule has 0 heterocycles. The highest BCUT2D eigenvalue weighted by molar-refractivity contribution is 14.1. The summed E-state index contributed by atoms with van der Waals surface area (Å²) in [5.74, 6) is -1.96. The minimum Gasteiger partial charge on any atom is -0.356 e. The zero-order valence-electron chi connectivity index (χ0n) is 10.7. The number of carbonyl (C=O) groups is 1. The molecule has 106 valence electrons. The second kappa shape index (κ2) is 9.23. The molecule has 1 aromatic carbocycles. The Bertz CT molecular complexity index is 412. The molecular weight excluding hydrogens is 363 g/mol. The van der Waals surface area contributed by atoms with Crippen LogP contribution in [0.5, 0.6) is 0 Å². The Labute approximate surface area is 126 Å². The molecule has 2 nitrogen and oxygen atoms in total. The average molecular weight is 381 g/mol. The Morgan fingerprint density at radius 3 is 2.53 bits per heavy atom. The minimum absolute atomic E-state index is 0.0882. The molecule has 0 spiro atoms. The summed E-state index contributed by atoms with van der Waals surface area (Å²) in [6.07, 6.45) is 4.55. The zero-order valence-corrected chi connectivity index (χ0v) is 12.9. The lowest BCUT2D eigenvalue weighted by molar-refractivity contribution is -0.120. The Balaban J connectivity index is 2.21. The maximum Gasteiger partial charge on any atom is 0.224 e. The van der Waals surface area contributed by atoms with Gasteiger partial charge in [0.15, 0.2) is 11.6 Å². The smallest absolute Gasteiger partial charge is 0.224 e. The van der Waals surface area contributed by atoms with E-state index in [0.29, 0.717) is 12.1 Å². The van der Waals surface area contributed by atoms with Crippen LogP contribution in [0.2, 0.25) is 0 Å². The van der Waals surface area contributed by atoms with E-state index in [0.717, 1.165) is 25.0 Å². The van der Waals surface area contributed by atoms with Gasteiger partial charge in [0.05, 0.1) is 6.42 Å².